The Hall–Kier alpha value is -1.49. The highest BCUT2D eigenvalue weighted by Gasteiger charge is 2.29. The first-order valence-corrected chi connectivity index (χ1v) is 7.45. The van der Waals surface area contributed by atoms with Crippen LogP contribution in [0.4, 0.5) is 4.39 Å². The Labute approximate surface area is 118 Å². The van der Waals surface area contributed by atoms with Gasteiger partial charge < -0.3 is 5.73 Å². The van der Waals surface area contributed by atoms with E-state index in [1.165, 1.54) is 19.2 Å². The minimum atomic E-state index is -3.93. The van der Waals surface area contributed by atoms with Gasteiger partial charge in [0.1, 0.15) is 22.3 Å². The SMILES string of the molecule is CN(CC(C)(C)CN)S(=O)(=O)c1cccc(F)c1C#N. The molecule has 0 aromatic heterocycles. The lowest BCUT2D eigenvalue weighted by atomic mass is 9.94. The normalized spacial score (nSPS) is 12.4. The van der Waals surface area contributed by atoms with Crippen LogP contribution in [0.15, 0.2) is 23.1 Å². The molecule has 0 radical (unpaired) electrons. The molecule has 5 nitrogen and oxygen atoms in total. The lowest BCUT2D eigenvalue weighted by Gasteiger charge is -2.28. The molecule has 7 heteroatoms. The third kappa shape index (κ3) is 3.33. The van der Waals surface area contributed by atoms with Crippen molar-refractivity contribution >= 4 is 10.0 Å². The molecule has 0 spiro atoms. The van der Waals surface area contributed by atoms with E-state index in [1.54, 1.807) is 6.07 Å². The van der Waals surface area contributed by atoms with Crippen molar-refractivity contribution in [3.8, 4) is 6.07 Å². The van der Waals surface area contributed by atoms with Crippen LogP contribution in [0.5, 0.6) is 0 Å². The second kappa shape index (κ2) is 5.87. The van der Waals surface area contributed by atoms with Gasteiger partial charge in [-0.1, -0.05) is 19.9 Å². The first-order chi connectivity index (χ1) is 9.15. The van der Waals surface area contributed by atoms with Gasteiger partial charge in [-0.15, -0.1) is 0 Å². The van der Waals surface area contributed by atoms with Crippen LogP contribution in [0.2, 0.25) is 0 Å². The predicted octanol–water partition coefficient (Wildman–Crippen LogP) is 1.30. The van der Waals surface area contributed by atoms with Crippen LogP contribution in [0.3, 0.4) is 0 Å². The Morgan fingerprint density at radius 3 is 2.55 bits per heavy atom. The highest BCUT2D eigenvalue weighted by atomic mass is 32.2. The number of nitrogens with zero attached hydrogens (tertiary/aromatic N) is 2. The average Bonchev–Trinajstić information content (AvgIpc) is 2.37. The van der Waals surface area contributed by atoms with E-state index in [9.17, 15) is 12.8 Å². The van der Waals surface area contributed by atoms with E-state index in [4.69, 9.17) is 11.0 Å². The fraction of sp³-hybridized carbons (Fsp3) is 0.462. The van der Waals surface area contributed by atoms with Crippen molar-refractivity contribution < 1.29 is 12.8 Å². The molecule has 2 N–H and O–H groups in total. The van der Waals surface area contributed by atoms with Crippen molar-refractivity contribution in [3.63, 3.8) is 0 Å². The van der Waals surface area contributed by atoms with E-state index in [2.05, 4.69) is 0 Å². The van der Waals surface area contributed by atoms with Crippen LogP contribution < -0.4 is 5.73 Å². The van der Waals surface area contributed by atoms with Crippen molar-refractivity contribution in [1.29, 1.82) is 5.26 Å². The topological polar surface area (TPSA) is 87.2 Å². The van der Waals surface area contributed by atoms with Crippen molar-refractivity contribution in [3.05, 3.63) is 29.6 Å². The van der Waals surface area contributed by atoms with Crippen molar-refractivity contribution in [2.45, 2.75) is 18.7 Å². The maximum Gasteiger partial charge on any atom is 0.244 e. The van der Waals surface area contributed by atoms with Crippen LogP contribution in [0.25, 0.3) is 0 Å². The molecule has 0 aliphatic heterocycles. The van der Waals surface area contributed by atoms with Gasteiger partial charge in [0, 0.05) is 13.6 Å². The number of rotatable bonds is 5. The predicted molar refractivity (Wildman–Crippen MR) is 73.8 cm³/mol. The van der Waals surface area contributed by atoms with Gasteiger partial charge in [-0.3, -0.25) is 0 Å². The van der Waals surface area contributed by atoms with Gasteiger partial charge >= 0.3 is 0 Å². The number of nitriles is 1. The molecule has 0 saturated carbocycles. The maximum absolute atomic E-state index is 13.5. The molecule has 20 heavy (non-hydrogen) atoms. The average molecular weight is 299 g/mol. The zero-order chi connectivity index (χ0) is 15.6. The first-order valence-electron chi connectivity index (χ1n) is 6.01. The molecule has 110 valence electrons. The summed E-state index contributed by atoms with van der Waals surface area (Å²) in [7, 11) is -2.54. The van der Waals surface area contributed by atoms with Gasteiger partial charge in [0.2, 0.25) is 10.0 Å². The summed E-state index contributed by atoms with van der Waals surface area (Å²) < 4.78 is 39.5. The van der Waals surface area contributed by atoms with Crippen LogP contribution in [-0.2, 0) is 10.0 Å². The molecule has 0 fully saturated rings. The summed E-state index contributed by atoms with van der Waals surface area (Å²) in [6.45, 7) is 4.14. The minimum Gasteiger partial charge on any atom is -0.330 e. The van der Waals surface area contributed by atoms with Crippen molar-refractivity contribution in [2.24, 2.45) is 11.1 Å². The third-order valence-electron chi connectivity index (χ3n) is 2.98. The number of hydrogen-bond donors (Lipinski definition) is 1. The van der Waals surface area contributed by atoms with E-state index >= 15 is 0 Å². The summed E-state index contributed by atoms with van der Waals surface area (Å²) in [5.41, 5.74) is 4.70. The van der Waals surface area contributed by atoms with Crippen molar-refractivity contribution in [1.82, 2.24) is 4.31 Å². The molecular weight excluding hydrogens is 281 g/mol. The smallest absolute Gasteiger partial charge is 0.244 e. The number of sulfonamides is 1. The number of halogens is 1. The summed E-state index contributed by atoms with van der Waals surface area (Å²) in [4.78, 5) is -0.324. The van der Waals surface area contributed by atoms with Gasteiger partial charge in [-0.2, -0.15) is 5.26 Å². The molecule has 0 bridgehead atoms. The Kier molecular flexibility index (Phi) is 4.86. The van der Waals surface area contributed by atoms with Gasteiger partial charge in [-0.25, -0.2) is 17.1 Å². The van der Waals surface area contributed by atoms with E-state index in [1.807, 2.05) is 13.8 Å². The highest BCUT2D eigenvalue weighted by molar-refractivity contribution is 7.89. The number of nitrogens with two attached hydrogens (primary N) is 1. The minimum absolute atomic E-state index is 0.174. The summed E-state index contributed by atoms with van der Waals surface area (Å²) >= 11 is 0. The molecule has 0 aliphatic rings. The summed E-state index contributed by atoms with van der Waals surface area (Å²) in [5, 5.41) is 8.93. The third-order valence-corrected chi connectivity index (χ3v) is 4.82. The molecule has 1 aromatic carbocycles. The van der Waals surface area contributed by atoms with Gasteiger partial charge in [0.15, 0.2) is 0 Å². The molecule has 0 amide bonds. The molecule has 0 atom stereocenters. The van der Waals surface area contributed by atoms with Gasteiger partial charge in [-0.05, 0) is 24.1 Å². The lowest BCUT2D eigenvalue weighted by molar-refractivity contribution is 0.292. The summed E-state index contributed by atoms with van der Waals surface area (Å²) in [6.07, 6.45) is 0. The Morgan fingerprint density at radius 2 is 2.05 bits per heavy atom. The summed E-state index contributed by atoms with van der Waals surface area (Å²) in [5.74, 6) is -0.847. The van der Waals surface area contributed by atoms with E-state index in [0.29, 0.717) is 6.54 Å². The van der Waals surface area contributed by atoms with Gasteiger partial charge in [0.25, 0.3) is 0 Å². The maximum atomic E-state index is 13.5. The Bertz CT molecular complexity index is 636. The zero-order valence-corrected chi connectivity index (χ0v) is 12.5. The quantitative estimate of drug-likeness (QED) is 0.888. The lowest BCUT2D eigenvalue weighted by Crippen LogP contribution is -2.40. The fourth-order valence-electron chi connectivity index (χ4n) is 1.75. The molecule has 0 saturated heterocycles. The molecule has 1 rings (SSSR count). The largest absolute Gasteiger partial charge is 0.330 e. The van der Waals surface area contributed by atoms with Crippen LogP contribution >= 0.6 is 0 Å². The highest BCUT2D eigenvalue weighted by Crippen LogP contribution is 2.24. The van der Waals surface area contributed by atoms with Crippen LogP contribution in [0, 0.1) is 22.6 Å². The Balaban J connectivity index is 3.25. The van der Waals surface area contributed by atoms with E-state index in [0.717, 1.165) is 10.4 Å². The fourth-order valence-corrected chi connectivity index (χ4v) is 3.25. The van der Waals surface area contributed by atoms with E-state index < -0.39 is 26.8 Å². The van der Waals surface area contributed by atoms with Gasteiger partial charge in [0.05, 0.1) is 0 Å². The second-order valence-electron chi connectivity index (χ2n) is 5.35. The molecule has 0 unspecified atom stereocenters. The standard InChI is InChI=1S/C13H18FN3O2S/c1-13(2,8-16)9-17(3)20(18,19)12-6-4-5-11(14)10(12)7-15/h4-6H,8-9,16H2,1-3H3. The molecule has 1 aromatic rings. The number of benzene rings is 1. The van der Waals surface area contributed by atoms with Crippen LogP contribution in [-0.4, -0.2) is 32.9 Å². The monoisotopic (exact) mass is 299 g/mol. The molecular formula is C13H18FN3O2S. The number of hydrogen-bond acceptors (Lipinski definition) is 4. The molecule has 0 heterocycles. The Morgan fingerprint density at radius 1 is 1.45 bits per heavy atom. The summed E-state index contributed by atoms with van der Waals surface area (Å²) in [6, 6.07) is 5.15. The zero-order valence-electron chi connectivity index (χ0n) is 11.7. The molecule has 0 aliphatic carbocycles. The van der Waals surface area contributed by atoms with Crippen molar-refractivity contribution in [2.75, 3.05) is 20.1 Å². The second-order valence-corrected chi connectivity index (χ2v) is 7.37. The first kappa shape index (κ1) is 16.6. The van der Waals surface area contributed by atoms with Crippen LogP contribution in [0.1, 0.15) is 19.4 Å². The van der Waals surface area contributed by atoms with E-state index in [-0.39, 0.29) is 11.4 Å².